The first kappa shape index (κ1) is 16.9. The number of likely N-dealkylation sites (N-methyl/N-ethyl adjacent to an activating group) is 1. The molecule has 1 atom stereocenters. The van der Waals surface area contributed by atoms with E-state index in [0.29, 0.717) is 12.6 Å². The van der Waals surface area contributed by atoms with Crippen LogP contribution in [0.2, 0.25) is 0 Å². The number of carboxylic acids is 1. The van der Waals surface area contributed by atoms with Gasteiger partial charge in [-0.05, 0) is 32.0 Å². The van der Waals surface area contributed by atoms with Gasteiger partial charge in [-0.25, -0.2) is 0 Å². The Morgan fingerprint density at radius 3 is 2.33 bits per heavy atom. The van der Waals surface area contributed by atoms with Gasteiger partial charge in [0, 0.05) is 44.3 Å². The number of amides is 1. The minimum Gasteiger partial charge on any atom is -0.480 e. The molecule has 130 valence electrons. The van der Waals surface area contributed by atoms with Crippen molar-refractivity contribution in [1.29, 1.82) is 0 Å². The van der Waals surface area contributed by atoms with E-state index in [-0.39, 0.29) is 5.91 Å². The Morgan fingerprint density at radius 2 is 1.71 bits per heavy atom. The monoisotopic (exact) mass is 331 g/mol. The minimum atomic E-state index is -0.751. The second-order valence-electron chi connectivity index (χ2n) is 6.72. The average molecular weight is 331 g/mol. The first-order valence-corrected chi connectivity index (χ1v) is 8.57. The van der Waals surface area contributed by atoms with Crippen LogP contribution in [0.4, 0.5) is 0 Å². The SMILES string of the molecule is CN1CCN(C2CCN(C(=O)c3ccccc3)CC2)CC1C(=O)O. The molecule has 24 heavy (non-hydrogen) atoms. The first-order chi connectivity index (χ1) is 11.6. The van der Waals surface area contributed by atoms with Crippen molar-refractivity contribution < 1.29 is 14.7 Å². The highest BCUT2D eigenvalue weighted by Gasteiger charge is 2.34. The van der Waals surface area contributed by atoms with Gasteiger partial charge in [0.15, 0.2) is 0 Å². The summed E-state index contributed by atoms with van der Waals surface area (Å²) in [7, 11) is 1.87. The quantitative estimate of drug-likeness (QED) is 0.895. The van der Waals surface area contributed by atoms with Crippen LogP contribution < -0.4 is 0 Å². The van der Waals surface area contributed by atoms with E-state index in [2.05, 4.69) is 4.90 Å². The molecule has 1 aromatic carbocycles. The second kappa shape index (κ2) is 7.32. The Hall–Kier alpha value is -1.92. The molecule has 0 aliphatic carbocycles. The molecule has 6 nitrogen and oxygen atoms in total. The van der Waals surface area contributed by atoms with E-state index in [1.807, 2.05) is 47.2 Å². The number of benzene rings is 1. The number of likely N-dealkylation sites (tertiary alicyclic amines) is 1. The number of aliphatic carboxylic acids is 1. The lowest BCUT2D eigenvalue weighted by molar-refractivity contribution is -0.145. The third-order valence-electron chi connectivity index (χ3n) is 5.25. The van der Waals surface area contributed by atoms with Gasteiger partial charge >= 0.3 is 5.97 Å². The zero-order chi connectivity index (χ0) is 17.1. The van der Waals surface area contributed by atoms with Crippen LogP contribution in [0.1, 0.15) is 23.2 Å². The Balaban J connectivity index is 1.55. The Morgan fingerprint density at radius 1 is 1.04 bits per heavy atom. The van der Waals surface area contributed by atoms with Crippen molar-refractivity contribution in [3.05, 3.63) is 35.9 Å². The van der Waals surface area contributed by atoms with Gasteiger partial charge in [-0.2, -0.15) is 0 Å². The maximum absolute atomic E-state index is 12.5. The average Bonchev–Trinajstić information content (AvgIpc) is 2.62. The van der Waals surface area contributed by atoms with Crippen molar-refractivity contribution in [2.45, 2.75) is 24.9 Å². The molecule has 1 unspecified atom stereocenters. The first-order valence-electron chi connectivity index (χ1n) is 8.57. The topological polar surface area (TPSA) is 64.1 Å². The zero-order valence-corrected chi connectivity index (χ0v) is 14.1. The van der Waals surface area contributed by atoms with Crippen LogP contribution >= 0.6 is 0 Å². The number of carbonyl (C=O) groups is 2. The van der Waals surface area contributed by atoms with Crippen molar-refractivity contribution in [3.8, 4) is 0 Å². The maximum Gasteiger partial charge on any atom is 0.322 e. The normalized spacial score (nSPS) is 24.0. The van der Waals surface area contributed by atoms with E-state index in [4.69, 9.17) is 0 Å². The van der Waals surface area contributed by atoms with Crippen LogP contribution in [-0.4, -0.2) is 83.5 Å². The van der Waals surface area contributed by atoms with E-state index in [1.165, 1.54) is 0 Å². The van der Waals surface area contributed by atoms with Crippen LogP contribution in [-0.2, 0) is 4.79 Å². The predicted molar refractivity (Wildman–Crippen MR) is 91.0 cm³/mol. The predicted octanol–water partition coefficient (Wildman–Crippen LogP) is 0.992. The van der Waals surface area contributed by atoms with Gasteiger partial charge in [0.25, 0.3) is 5.91 Å². The molecule has 1 amide bonds. The number of carbonyl (C=O) groups excluding carboxylic acids is 1. The number of piperazine rings is 1. The fraction of sp³-hybridized carbons (Fsp3) is 0.556. The number of rotatable bonds is 3. The Bertz CT molecular complexity index is 584. The molecule has 2 fully saturated rings. The van der Waals surface area contributed by atoms with Gasteiger partial charge in [0.05, 0.1) is 0 Å². The van der Waals surface area contributed by atoms with Crippen molar-refractivity contribution >= 4 is 11.9 Å². The highest BCUT2D eigenvalue weighted by atomic mass is 16.4. The van der Waals surface area contributed by atoms with Crippen molar-refractivity contribution in [3.63, 3.8) is 0 Å². The van der Waals surface area contributed by atoms with Gasteiger partial charge in [0.2, 0.25) is 0 Å². The number of carboxylic acid groups (broad SMARTS) is 1. The van der Waals surface area contributed by atoms with Gasteiger partial charge in [-0.15, -0.1) is 0 Å². The molecular weight excluding hydrogens is 306 g/mol. The highest BCUT2D eigenvalue weighted by Crippen LogP contribution is 2.21. The molecular formula is C18H25N3O3. The molecule has 2 aliphatic heterocycles. The van der Waals surface area contributed by atoms with Crippen molar-refractivity contribution in [2.75, 3.05) is 39.8 Å². The number of piperidine rings is 1. The third kappa shape index (κ3) is 3.60. The molecule has 0 saturated carbocycles. The van der Waals surface area contributed by atoms with E-state index < -0.39 is 12.0 Å². The minimum absolute atomic E-state index is 0.0934. The molecule has 0 spiro atoms. The molecule has 6 heteroatoms. The Kier molecular flexibility index (Phi) is 5.16. The fourth-order valence-corrected chi connectivity index (χ4v) is 3.69. The number of hydrogen-bond donors (Lipinski definition) is 1. The van der Waals surface area contributed by atoms with Crippen LogP contribution in [0.25, 0.3) is 0 Å². The summed E-state index contributed by atoms with van der Waals surface area (Å²) >= 11 is 0. The van der Waals surface area contributed by atoms with E-state index in [1.54, 1.807) is 0 Å². The summed E-state index contributed by atoms with van der Waals surface area (Å²) in [4.78, 5) is 30.0. The van der Waals surface area contributed by atoms with Gasteiger partial charge in [-0.1, -0.05) is 18.2 Å². The molecule has 2 heterocycles. The third-order valence-corrected chi connectivity index (χ3v) is 5.25. The van der Waals surface area contributed by atoms with Crippen LogP contribution in [0.5, 0.6) is 0 Å². The van der Waals surface area contributed by atoms with Gasteiger partial charge in [-0.3, -0.25) is 19.4 Å². The lowest BCUT2D eigenvalue weighted by Crippen LogP contribution is -2.58. The van der Waals surface area contributed by atoms with Crippen LogP contribution in [0, 0.1) is 0 Å². The largest absolute Gasteiger partial charge is 0.480 e. The zero-order valence-electron chi connectivity index (χ0n) is 14.1. The molecule has 0 aromatic heterocycles. The molecule has 1 N–H and O–H groups in total. The fourth-order valence-electron chi connectivity index (χ4n) is 3.69. The summed E-state index contributed by atoms with van der Waals surface area (Å²) in [5.41, 5.74) is 0.737. The Labute approximate surface area is 142 Å². The lowest BCUT2D eigenvalue weighted by atomic mass is 10.00. The van der Waals surface area contributed by atoms with Gasteiger partial charge < -0.3 is 10.0 Å². The standard InChI is InChI=1S/C18H25N3O3/c1-19-11-12-21(13-16(19)18(23)24)15-7-9-20(10-8-15)17(22)14-5-3-2-4-6-14/h2-6,15-16H,7-13H2,1H3,(H,23,24). The molecule has 1 aromatic rings. The van der Waals surface area contributed by atoms with Crippen LogP contribution in [0.3, 0.4) is 0 Å². The molecule has 0 radical (unpaired) electrons. The van der Waals surface area contributed by atoms with E-state index in [0.717, 1.165) is 44.6 Å². The summed E-state index contributed by atoms with van der Waals surface area (Å²) < 4.78 is 0. The summed E-state index contributed by atoms with van der Waals surface area (Å²) in [6, 6.07) is 9.34. The molecule has 2 aliphatic rings. The molecule has 3 rings (SSSR count). The summed E-state index contributed by atoms with van der Waals surface area (Å²) in [5, 5.41) is 9.34. The second-order valence-corrected chi connectivity index (χ2v) is 6.72. The highest BCUT2D eigenvalue weighted by molar-refractivity contribution is 5.94. The summed E-state index contributed by atoms with van der Waals surface area (Å²) in [6.45, 7) is 3.73. The van der Waals surface area contributed by atoms with Gasteiger partial charge in [0.1, 0.15) is 6.04 Å². The number of nitrogens with zero attached hydrogens (tertiary/aromatic N) is 3. The molecule has 2 saturated heterocycles. The van der Waals surface area contributed by atoms with E-state index >= 15 is 0 Å². The summed E-state index contributed by atoms with van der Waals surface area (Å²) in [5.74, 6) is -0.658. The summed E-state index contributed by atoms with van der Waals surface area (Å²) in [6.07, 6.45) is 1.82. The van der Waals surface area contributed by atoms with E-state index in [9.17, 15) is 14.7 Å². The number of hydrogen-bond acceptors (Lipinski definition) is 4. The van der Waals surface area contributed by atoms with Crippen molar-refractivity contribution in [1.82, 2.24) is 14.7 Å². The van der Waals surface area contributed by atoms with Crippen LogP contribution in [0.15, 0.2) is 30.3 Å². The van der Waals surface area contributed by atoms with Crippen molar-refractivity contribution in [2.24, 2.45) is 0 Å². The lowest BCUT2D eigenvalue weighted by Gasteiger charge is -2.44. The smallest absolute Gasteiger partial charge is 0.322 e. The molecule has 0 bridgehead atoms. The maximum atomic E-state index is 12.5.